The van der Waals surface area contributed by atoms with E-state index in [1.54, 1.807) is 10.8 Å². The van der Waals surface area contributed by atoms with Crippen molar-refractivity contribution < 1.29 is 13.8 Å². The molecule has 0 amide bonds. The van der Waals surface area contributed by atoms with E-state index < -0.39 is 6.04 Å². The van der Waals surface area contributed by atoms with E-state index in [4.69, 9.17) is 12.6 Å². The number of hydrogen-bond donors (Lipinski definition) is 0. The molecule has 0 spiro atoms. The first kappa shape index (κ1) is 18.9. The molecule has 0 fully saturated rings. The van der Waals surface area contributed by atoms with E-state index in [2.05, 4.69) is 4.99 Å². The number of rotatable bonds is 6. The Morgan fingerprint density at radius 3 is 2.44 bits per heavy atom. The third-order valence-electron chi connectivity index (χ3n) is 4.14. The van der Waals surface area contributed by atoms with Gasteiger partial charge < -0.3 is 17.6 Å². The Kier molecular flexibility index (Phi) is 6.04. The molecular formula is C22H19FN2OS. The molecule has 3 aromatic rings. The number of carbonyl (C=O) groups is 1. The number of pyridine rings is 1. The van der Waals surface area contributed by atoms with Crippen molar-refractivity contribution in [2.24, 2.45) is 4.99 Å². The maximum Gasteiger partial charge on any atom is 0.237 e. The molecule has 3 rings (SSSR count). The summed E-state index contributed by atoms with van der Waals surface area (Å²) in [5.74, 6) is -0.602. The van der Waals surface area contributed by atoms with Crippen LogP contribution in [0.3, 0.4) is 0 Å². The van der Waals surface area contributed by atoms with Crippen LogP contribution in [0, 0.1) is 12.7 Å². The molecule has 0 N–H and O–H groups in total. The lowest BCUT2D eigenvalue weighted by Gasteiger charge is -2.19. The lowest BCUT2D eigenvalue weighted by atomic mass is 10.0. The Morgan fingerprint density at radius 1 is 1.07 bits per heavy atom. The Balaban J connectivity index is 1.96. The highest BCUT2D eigenvalue weighted by Gasteiger charge is 2.28. The number of halogens is 1. The van der Waals surface area contributed by atoms with Crippen molar-refractivity contribution in [2.45, 2.75) is 19.5 Å². The molecule has 27 heavy (non-hydrogen) atoms. The van der Waals surface area contributed by atoms with E-state index in [9.17, 15) is 9.18 Å². The first-order chi connectivity index (χ1) is 13.0. The van der Waals surface area contributed by atoms with Gasteiger partial charge in [-0.2, -0.15) is 4.57 Å². The summed E-state index contributed by atoms with van der Waals surface area (Å²) in [5.41, 5.74) is 2.41. The largest absolute Gasteiger partial charge is 0.758 e. The van der Waals surface area contributed by atoms with Crippen LogP contribution in [0.1, 0.15) is 27.5 Å². The molecule has 0 aliphatic carbocycles. The first-order valence-corrected chi connectivity index (χ1v) is 8.98. The third-order valence-corrected chi connectivity index (χ3v) is 4.49. The van der Waals surface area contributed by atoms with Gasteiger partial charge in [0.25, 0.3) is 0 Å². The molecule has 1 heterocycles. The normalized spacial score (nSPS) is 12.6. The van der Waals surface area contributed by atoms with Crippen LogP contribution >= 0.6 is 0 Å². The van der Waals surface area contributed by atoms with Crippen molar-refractivity contribution >= 4 is 23.5 Å². The summed E-state index contributed by atoms with van der Waals surface area (Å²) in [6.45, 7) is 2.35. The molecule has 3 nitrogen and oxygen atoms in total. The van der Waals surface area contributed by atoms with Gasteiger partial charge in [0.15, 0.2) is 12.4 Å². The number of nitrogens with zero attached hydrogens (tertiary/aromatic N) is 2. The van der Waals surface area contributed by atoms with Gasteiger partial charge in [0.05, 0.1) is 6.54 Å². The summed E-state index contributed by atoms with van der Waals surface area (Å²) >= 11 is 5.52. The van der Waals surface area contributed by atoms with Gasteiger partial charge in [0.2, 0.25) is 11.8 Å². The minimum atomic E-state index is -0.755. The maximum atomic E-state index is 13.2. The molecule has 0 radical (unpaired) electrons. The SMILES string of the molecule is Cc1ccc[n+]([C@@H](C(=O)c2ccc(F)cc2)C([S-])=NCc2ccccc2)c1. The van der Waals surface area contributed by atoms with Crippen LogP contribution < -0.4 is 4.57 Å². The van der Waals surface area contributed by atoms with Gasteiger partial charge in [-0.15, -0.1) is 0 Å². The first-order valence-electron chi connectivity index (χ1n) is 8.57. The third kappa shape index (κ3) is 4.83. The van der Waals surface area contributed by atoms with Crippen molar-refractivity contribution in [3.8, 4) is 0 Å². The molecule has 136 valence electrons. The highest BCUT2D eigenvalue weighted by Crippen LogP contribution is 2.14. The van der Waals surface area contributed by atoms with Gasteiger partial charge in [0.1, 0.15) is 5.82 Å². The van der Waals surface area contributed by atoms with E-state index in [0.29, 0.717) is 17.2 Å². The zero-order valence-corrected chi connectivity index (χ0v) is 15.7. The average Bonchev–Trinajstić information content (AvgIpc) is 2.68. The van der Waals surface area contributed by atoms with Crippen molar-refractivity contribution in [1.29, 1.82) is 0 Å². The van der Waals surface area contributed by atoms with E-state index in [-0.39, 0.29) is 11.6 Å². The number of hydrogen-bond acceptors (Lipinski definition) is 3. The fourth-order valence-electron chi connectivity index (χ4n) is 2.76. The van der Waals surface area contributed by atoms with E-state index in [1.807, 2.05) is 55.6 Å². The molecule has 0 aliphatic rings. The second-order valence-corrected chi connectivity index (χ2v) is 6.66. The molecular weight excluding hydrogens is 359 g/mol. The lowest BCUT2D eigenvalue weighted by Crippen LogP contribution is -2.47. The van der Waals surface area contributed by atoms with Crippen LogP contribution in [-0.2, 0) is 19.2 Å². The van der Waals surface area contributed by atoms with Gasteiger partial charge in [0, 0.05) is 17.2 Å². The fourth-order valence-corrected chi connectivity index (χ4v) is 3.06. The minimum Gasteiger partial charge on any atom is -0.758 e. The lowest BCUT2D eigenvalue weighted by molar-refractivity contribution is -0.692. The van der Waals surface area contributed by atoms with Gasteiger partial charge in [-0.25, -0.2) is 4.39 Å². The predicted octanol–water partition coefficient (Wildman–Crippen LogP) is 3.99. The summed E-state index contributed by atoms with van der Waals surface area (Å²) in [6.07, 6.45) is 3.65. The van der Waals surface area contributed by atoms with Crippen LogP contribution in [0.5, 0.6) is 0 Å². The minimum absolute atomic E-state index is 0.215. The number of aliphatic imine (C=N–C) groups is 1. The molecule has 1 aromatic heterocycles. The van der Waals surface area contributed by atoms with Crippen LogP contribution in [0.4, 0.5) is 4.39 Å². The second kappa shape index (κ2) is 8.64. The number of benzene rings is 2. The monoisotopic (exact) mass is 378 g/mol. The van der Waals surface area contributed by atoms with Crippen molar-refractivity contribution in [2.75, 3.05) is 0 Å². The quantitative estimate of drug-likeness (QED) is 0.214. The highest BCUT2D eigenvalue weighted by atomic mass is 32.1. The number of aromatic nitrogens is 1. The van der Waals surface area contributed by atoms with Crippen LogP contribution in [0.15, 0.2) is 84.1 Å². The molecule has 0 aliphatic heterocycles. The molecule has 1 atom stereocenters. The van der Waals surface area contributed by atoms with E-state index in [0.717, 1.165) is 11.1 Å². The van der Waals surface area contributed by atoms with Crippen LogP contribution in [0.25, 0.3) is 0 Å². The fraction of sp³-hybridized carbons (Fsp3) is 0.136. The molecule has 5 heteroatoms. The van der Waals surface area contributed by atoms with Gasteiger partial charge in [-0.1, -0.05) is 30.3 Å². The summed E-state index contributed by atoms with van der Waals surface area (Å²) in [6, 6.07) is 18.3. The highest BCUT2D eigenvalue weighted by molar-refractivity contribution is 7.77. The second-order valence-electron chi connectivity index (χ2n) is 6.24. The van der Waals surface area contributed by atoms with Gasteiger partial charge >= 0.3 is 0 Å². The van der Waals surface area contributed by atoms with Crippen molar-refractivity contribution in [1.82, 2.24) is 0 Å². The Bertz CT molecular complexity index is 956. The van der Waals surface area contributed by atoms with Crippen molar-refractivity contribution in [3.63, 3.8) is 0 Å². The number of carbonyl (C=O) groups excluding carboxylic acids is 1. The van der Waals surface area contributed by atoms with E-state index in [1.165, 1.54) is 24.3 Å². The molecule has 0 saturated carbocycles. The topological polar surface area (TPSA) is 33.3 Å². The number of Topliss-reactive ketones (excluding diaryl/α,β-unsaturated/α-hetero) is 1. The number of aryl methyl sites for hydroxylation is 1. The maximum absolute atomic E-state index is 13.2. The van der Waals surface area contributed by atoms with Crippen LogP contribution in [0.2, 0.25) is 0 Å². The Hall–Kier alpha value is -2.92. The summed E-state index contributed by atoms with van der Waals surface area (Å²) < 4.78 is 15.0. The van der Waals surface area contributed by atoms with Crippen molar-refractivity contribution in [3.05, 3.63) is 102 Å². The van der Waals surface area contributed by atoms with E-state index >= 15 is 0 Å². The Morgan fingerprint density at radius 2 is 1.78 bits per heavy atom. The molecule has 0 saturated heterocycles. The van der Waals surface area contributed by atoms with Crippen LogP contribution in [-0.4, -0.2) is 10.8 Å². The smallest absolute Gasteiger partial charge is 0.237 e. The predicted molar refractivity (Wildman–Crippen MR) is 106 cm³/mol. The molecule has 0 bridgehead atoms. The standard InChI is InChI=1S/C22H19FN2OS/c1-16-6-5-13-25(15-16)20(21(26)18-9-11-19(23)12-10-18)22(27)24-14-17-7-3-2-4-8-17/h2-13,15,20H,14H2,1H3/t20-/m0/s1. The molecule has 0 unspecified atom stereocenters. The average molecular weight is 378 g/mol. The summed E-state index contributed by atoms with van der Waals surface area (Å²) in [7, 11) is 0. The Labute approximate surface area is 163 Å². The molecule has 2 aromatic carbocycles. The summed E-state index contributed by atoms with van der Waals surface area (Å²) in [5, 5.41) is 0.295. The zero-order chi connectivity index (χ0) is 19.2. The summed E-state index contributed by atoms with van der Waals surface area (Å²) in [4.78, 5) is 17.6. The number of ketones is 1. The zero-order valence-electron chi connectivity index (χ0n) is 14.9. The van der Waals surface area contributed by atoms with Gasteiger partial charge in [-0.05, 0) is 47.9 Å². The van der Waals surface area contributed by atoms with Gasteiger partial charge in [-0.3, -0.25) is 4.79 Å².